The van der Waals surface area contributed by atoms with Crippen molar-refractivity contribution in [1.82, 2.24) is 0 Å². The number of nitrogens with zero attached hydrogens (tertiary/aromatic N) is 4. The lowest BCUT2D eigenvalue weighted by atomic mass is 9.98. The van der Waals surface area contributed by atoms with Crippen molar-refractivity contribution < 1.29 is 4.79 Å². The summed E-state index contributed by atoms with van der Waals surface area (Å²) in [5.41, 5.74) is 1.20. The molecule has 62 valence electrons. The minimum absolute atomic E-state index is 0.0261. The predicted molar refractivity (Wildman–Crippen MR) is 45.4 cm³/mol. The lowest BCUT2D eigenvalue weighted by Gasteiger charge is -2.04. The average Bonchev–Trinajstić information content (AvgIpc) is 2.65. The molecule has 3 heterocycles. The van der Waals surface area contributed by atoms with E-state index < -0.39 is 0 Å². The summed E-state index contributed by atoms with van der Waals surface area (Å²) in [4.78, 5) is 19.3. The minimum atomic E-state index is -0.372. The van der Waals surface area contributed by atoms with Crippen LogP contribution in [0.2, 0.25) is 0 Å². The summed E-state index contributed by atoms with van der Waals surface area (Å²) < 4.78 is 0. The minimum Gasteiger partial charge on any atom is -0.263 e. The number of amidine groups is 1. The average molecular weight is 172 g/mol. The maximum Gasteiger partial charge on any atom is 0.314 e. The molecule has 0 N–H and O–H groups in total. The van der Waals surface area contributed by atoms with Gasteiger partial charge in [0.1, 0.15) is 11.5 Å². The van der Waals surface area contributed by atoms with Gasteiger partial charge in [-0.1, -0.05) is 6.08 Å². The van der Waals surface area contributed by atoms with Gasteiger partial charge >= 0.3 is 5.91 Å². The van der Waals surface area contributed by atoms with Gasteiger partial charge < -0.3 is 0 Å². The van der Waals surface area contributed by atoms with E-state index in [2.05, 4.69) is 20.2 Å². The first-order valence-corrected chi connectivity index (χ1v) is 3.85. The largest absolute Gasteiger partial charge is 0.314 e. The number of hydrogen-bond acceptors (Lipinski definition) is 4. The summed E-state index contributed by atoms with van der Waals surface area (Å²) in [5, 5.41) is 7.00. The van der Waals surface area contributed by atoms with E-state index in [1.807, 2.05) is 6.08 Å². The van der Waals surface area contributed by atoms with E-state index >= 15 is 0 Å². The Morgan fingerprint density at radius 3 is 3.23 bits per heavy atom. The van der Waals surface area contributed by atoms with E-state index in [-0.39, 0.29) is 11.8 Å². The molecular formula is C8H4N4O. The molecule has 3 aliphatic rings. The second kappa shape index (κ2) is 2.07. The Hall–Kier alpha value is -1.91. The van der Waals surface area contributed by atoms with Crippen LogP contribution in [0.5, 0.6) is 0 Å². The molecule has 0 aromatic rings. The van der Waals surface area contributed by atoms with Crippen LogP contribution in [0.4, 0.5) is 0 Å². The number of rotatable bonds is 0. The molecule has 5 heteroatoms. The lowest BCUT2D eigenvalue weighted by Crippen LogP contribution is -2.15. The van der Waals surface area contributed by atoms with Gasteiger partial charge in [-0.2, -0.15) is 5.11 Å². The number of aliphatic imine (C=N–C) groups is 2. The van der Waals surface area contributed by atoms with Gasteiger partial charge in [0.15, 0.2) is 0 Å². The summed E-state index contributed by atoms with van der Waals surface area (Å²) in [6.07, 6.45) is 5.16. The quantitative estimate of drug-likeness (QED) is 0.534. The van der Waals surface area contributed by atoms with Crippen LogP contribution in [0.3, 0.4) is 0 Å². The topological polar surface area (TPSA) is 66.5 Å². The molecule has 0 saturated heterocycles. The third-order valence-corrected chi connectivity index (χ3v) is 2.15. The third kappa shape index (κ3) is 0.729. The van der Waals surface area contributed by atoms with Gasteiger partial charge in [-0.05, 0) is 0 Å². The Balaban J connectivity index is 2.20. The highest BCUT2D eigenvalue weighted by molar-refractivity contribution is 6.50. The molecule has 1 unspecified atom stereocenters. The standard InChI is InChI=1S/C8H4N4O/c13-8-6-5(3-10-12-8)4-1-2-9-7(4)11-6/h1-4H. The van der Waals surface area contributed by atoms with Crippen LogP contribution in [0, 0.1) is 5.92 Å². The zero-order chi connectivity index (χ0) is 8.84. The van der Waals surface area contributed by atoms with Crippen molar-refractivity contribution in [2.75, 3.05) is 0 Å². The number of carbonyl (C=O) groups is 1. The van der Waals surface area contributed by atoms with Crippen LogP contribution < -0.4 is 0 Å². The van der Waals surface area contributed by atoms with E-state index in [0.717, 1.165) is 5.57 Å². The smallest absolute Gasteiger partial charge is 0.263 e. The molecule has 3 aliphatic heterocycles. The summed E-state index contributed by atoms with van der Waals surface area (Å²) in [5.74, 6) is 0.322. The van der Waals surface area contributed by atoms with Gasteiger partial charge in [-0.15, -0.1) is 5.11 Å². The normalized spacial score (nSPS) is 28.2. The molecule has 0 aliphatic carbocycles. The highest BCUT2D eigenvalue weighted by Crippen LogP contribution is 2.30. The molecule has 0 spiro atoms. The van der Waals surface area contributed by atoms with Crippen molar-refractivity contribution in [3.63, 3.8) is 0 Å². The Morgan fingerprint density at radius 1 is 1.38 bits per heavy atom. The second-order valence-electron chi connectivity index (χ2n) is 2.87. The van der Waals surface area contributed by atoms with Gasteiger partial charge in [-0.3, -0.25) is 4.79 Å². The molecule has 1 atom stereocenters. The Morgan fingerprint density at radius 2 is 2.31 bits per heavy atom. The number of carbonyl (C=O) groups excluding carboxylic acids is 1. The van der Waals surface area contributed by atoms with E-state index in [4.69, 9.17) is 0 Å². The zero-order valence-electron chi connectivity index (χ0n) is 6.51. The summed E-state index contributed by atoms with van der Waals surface area (Å²) >= 11 is 0. The van der Waals surface area contributed by atoms with Crippen LogP contribution >= 0.6 is 0 Å². The third-order valence-electron chi connectivity index (χ3n) is 2.15. The maximum atomic E-state index is 11.2. The first-order valence-electron chi connectivity index (χ1n) is 3.85. The second-order valence-corrected chi connectivity index (χ2v) is 2.87. The zero-order valence-corrected chi connectivity index (χ0v) is 6.51. The molecule has 13 heavy (non-hydrogen) atoms. The number of fused-ring (bicyclic) bond motifs is 3. The number of azo groups is 1. The Kier molecular flexibility index (Phi) is 1.05. The summed E-state index contributed by atoms with van der Waals surface area (Å²) in [7, 11) is 0. The molecular weight excluding hydrogens is 168 g/mol. The van der Waals surface area contributed by atoms with Crippen molar-refractivity contribution >= 4 is 17.5 Å². The monoisotopic (exact) mass is 172 g/mol. The van der Waals surface area contributed by atoms with Crippen molar-refractivity contribution in [3.05, 3.63) is 24.0 Å². The van der Waals surface area contributed by atoms with Gasteiger partial charge in [0.25, 0.3) is 0 Å². The van der Waals surface area contributed by atoms with Crippen molar-refractivity contribution in [1.29, 1.82) is 0 Å². The first kappa shape index (κ1) is 6.59. The molecule has 0 bridgehead atoms. The van der Waals surface area contributed by atoms with Gasteiger partial charge in [0.05, 0.1) is 12.1 Å². The lowest BCUT2D eigenvalue weighted by molar-refractivity contribution is -0.112. The SMILES string of the molecule is O=C1N=NC=C2C1=NC1=NC=CC21. The van der Waals surface area contributed by atoms with Crippen LogP contribution in [-0.4, -0.2) is 17.5 Å². The maximum absolute atomic E-state index is 11.2. The predicted octanol–water partition coefficient (Wildman–Crippen LogP) is 0.859. The van der Waals surface area contributed by atoms with Gasteiger partial charge in [0, 0.05) is 11.8 Å². The molecule has 0 aromatic carbocycles. The highest BCUT2D eigenvalue weighted by Gasteiger charge is 2.36. The fourth-order valence-electron chi connectivity index (χ4n) is 1.54. The van der Waals surface area contributed by atoms with Crippen LogP contribution in [-0.2, 0) is 4.79 Å². The molecule has 5 nitrogen and oxygen atoms in total. The Bertz CT molecular complexity index is 453. The van der Waals surface area contributed by atoms with Gasteiger partial charge in [-0.25, -0.2) is 9.98 Å². The Labute approximate surface area is 73.3 Å². The van der Waals surface area contributed by atoms with E-state index in [1.54, 1.807) is 12.4 Å². The number of hydrogen-bond donors (Lipinski definition) is 0. The first-order chi connectivity index (χ1) is 6.36. The van der Waals surface area contributed by atoms with E-state index in [1.165, 1.54) is 0 Å². The van der Waals surface area contributed by atoms with E-state index in [9.17, 15) is 4.79 Å². The van der Waals surface area contributed by atoms with Crippen molar-refractivity contribution in [2.45, 2.75) is 0 Å². The van der Waals surface area contributed by atoms with Crippen molar-refractivity contribution in [3.8, 4) is 0 Å². The fourth-order valence-corrected chi connectivity index (χ4v) is 1.54. The molecule has 0 saturated carbocycles. The molecule has 3 rings (SSSR count). The molecule has 0 aromatic heterocycles. The van der Waals surface area contributed by atoms with E-state index in [0.29, 0.717) is 11.5 Å². The highest BCUT2D eigenvalue weighted by atomic mass is 16.2. The van der Waals surface area contributed by atoms with Crippen LogP contribution in [0.15, 0.2) is 44.3 Å². The van der Waals surface area contributed by atoms with Gasteiger partial charge in [0.2, 0.25) is 0 Å². The molecule has 1 amide bonds. The number of amides is 1. The molecule has 0 fully saturated rings. The van der Waals surface area contributed by atoms with Crippen LogP contribution in [0.25, 0.3) is 0 Å². The fraction of sp³-hybridized carbons (Fsp3) is 0.125. The van der Waals surface area contributed by atoms with Crippen LogP contribution in [0.1, 0.15) is 0 Å². The summed E-state index contributed by atoms with van der Waals surface area (Å²) in [6, 6.07) is 0. The van der Waals surface area contributed by atoms with Crippen molar-refractivity contribution in [2.24, 2.45) is 26.1 Å². The molecule has 0 radical (unpaired) electrons. The summed E-state index contributed by atoms with van der Waals surface area (Å²) in [6.45, 7) is 0.